The Balaban J connectivity index is 2.15. The smallest absolute Gasteiger partial charge is 0.0792 e. The summed E-state index contributed by atoms with van der Waals surface area (Å²) in [6, 6.07) is 0. The Morgan fingerprint density at radius 1 is 1.40 bits per heavy atom. The highest BCUT2D eigenvalue weighted by molar-refractivity contribution is 5.09. The molecule has 2 heterocycles. The number of rotatable bonds is 0. The number of hydrogen-bond acceptors (Lipinski definition) is 2. The molecule has 0 aliphatic carbocycles. The van der Waals surface area contributed by atoms with Gasteiger partial charge in [-0.15, -0.1) is 0 Å². The molecule has 2 aliphatic rings. The van der Waals surface area contributed by atoms with Gasteiger partial charge in [0.2, 0.25) is 0 Å². The van der Waals surface area contributed by atoms with Gasteiger partial charge in [-0.25, -0.2) is 0 Å². The zero-order chi connectivity index (χ0) is 7.19. The Morgan fingerprint density at radius 3 is 2.40 bits per heavy atom. The van der Waals surface area contributed by atoms with Crippen LogP contribution in [0.1, 0.15) is 19.8 Å². The molecule has 2 nitrogen and oxygen atoms in total. The lowest BCUT2D eigenvalue weighted by Crippen LogP contribution is -2.38. The van der Waals surface area contributed by atoms with E-state index in [4.69, 9.17) is 4.74 Å². The standard InChI is InChI=1S/C8H12O2/c1-8(9)4-6-2-3-7(5-8)10-6/h2-3,6-7,9H,4-5H2,1H3/t6-,7+,8?. The first-order valence-corrected chi connectivity index (χ1v) is 3.72. The quantitative estimate of drug-likeness (QED) is 0.505. The molecule has 0 amide bonds. The molecule has 1 unspecified atom stereocenters. The second-order valence-corrected chi connectivity index (χ2v) is 3.50. The maximum atomic E-state index is 9.64. The molecule has 1 N–H and O–H groups in total. The number of aliphatic hydroxyl groups is 1. The molecule has 0 radical (unpaired) electrons. The molecule has 2 heteroatoms. The lowest BCUT2D eigenvalue weighted by Gasteiger charge is -2.33. The maximum absolute atomic E-state index is 9.64. The summed E-state index contributed by atoms with van der Waals surface area (Å²) in [5, 5.41) is 9.64. The fourth-order valence-corrected chi connectivity index (χ4v) is 1.75. The molecule has 56 valence electrons. The summed E-state index contributed by atoms with van der Waals surface area (Å²) in [5.41, 5.74) is -0.503. The molecule has 0 aromatic rings. The molecule has 1 fully saturated rings. The Morgan fingerprint density at radius 2 is 1.90 bits per heavy atom. The van der Waals surface area contributed by atoms with Crippen LogP contribution < -0.4 is 0 Å². The van der Waals surface area contributed by atoms with Crippen molar-refractivity contribution in [2.75, 3.05) is 0 Å². The molecule has 3 atom stereocenters. The van der Waals surface area contributed by atoms with Crippen molar-refractivity contribution >= 4 is 0 Å². The summed E-state index contributed by atoms with van der Waals surface area (Å²) in [7, 11) is 0. The minimum absolute atomic E-state index is 0.175. The largest absolute Gasteiger partial charge is 0.390 e. The van der Waals surface area contributed by atoms with Crippen LogP contribution in [0.3, 0.4) is 0 Å². The SMILES string of the molecule is CC1(O)C[C@H]2C=C[C@@H](C1)O2. The Bertz CT molecular complexity index is 156. The van der Waals surface area contributed by atoms with E-state index in [1.54, 1.807) is 0 Å². The number of fused-ring (bicyclic) bond motifs is 2. The molecular formula is C8H12O2. The maximum Gasteiger partial charge on any atom is 0.0792 e. The highest BCUT2D eigenvalue weighted by Gasteiger charge is 2.37. The Labute approximate surface area is 60.5 Å². The summed E-state index contributed by atoms with van der Waals surface area (Å²) < 4.78 is 5.46. The molecular weight excluding hydrogens is 128 g/mol. The fourth-order valence-electron chi connectivity index (χ4n) is 1.75. The van der Waals surface area contributed by atoms with E-state index < -0.39 is 5.60 Å². The normalized spacial score (nSPS) is 51.8. The van der Waals surface area contributed by atoms with Crippen LogP contribution >= 0.6 is 0 Å². The van der Waals surface area contributed by atoms with Gasteiger partial charge in [0.15, 0.2) is 0 Å². The van der Waals surface area contributed by atoms with Crippen LogP contribution in [0.25, 0.3) is 0 Å². The average Bonchev–Trinajstić information content (AvgIpc) is 2.08. The predicted octanol–water partition coefficient (Wildman–Crippen LogP) is 0.855. The van der Waals surface area contributed by atoms with E-state index in [0.29, 0.717) is 0 Å². The monoisotopic (exact) mass is 140 g/mol. The van der Waals surface area contributed by atoms with Crippen molar-refractivity contribution in [3.8, 4) is 0 Å². The topological polar surface area (TPSA) is 29.5 Å². The van der Waals surface area contributed by atoms with Crippen molar-refractivity contribution in [1.29, 1.82) is 0 Å². The summed E-state index contributed by atoms with van der Waals surface area (Å²) in [6.45, 7) is 1.88. The third-order valence-electron chi connectivity index (χ3n) is 2.17. The third-order valence-corrected chi connectivity index (χ3v) is 2.17. The van der Waals surface area contributed by atoms with Crippen molar-refractivity contribution in [1.82, 2.24) is 0 Å². The van der Waals surface area contributed by atoms with Gasteiger partial charge >= 0.3 is 0 Å². The average molecular weight is 140 g/mol. The van der Waals surface area contributed by atoms with E-state index in [1.165, 1.54) is 0 Å². The van der Waals surface area contributed by atoms with Crippen molar-refractivity contribution in [2.24, 2.45) is 0 Å². The van der Waals surface area contributed by atoms with E-state index in [-0.39, 0.29) is 12.2 Å². The summed E-state index contributed by atoms with van der Waals surface area (Å²) in [5.74, 6) is 0. The summed E-state index contributed by atoms with van der Waals surface area (Å²) >= 11 is 0. The minimum Gasteiger partial charge on any atom is -0.390 e. The number of hydrogen-bond donors (Lipinski definition) is 1. The van der Waals surface area contributed by atoms with Crippen molar-refractivity contribution in [2.45, 2.75) is 37.6 Å². The second-order valence-electron chi connectivity index (χ2n) is 3.50. The van der Waals surface area contributed by atoms with Crippen LogP contribution in [0.2, 0.25) is 0 Å². The van der Waals surface area contributed by atoms with Crippen molar-refractivity contribution < 1.29 is 9.84 Å². The first-order chi connectivity index (χ1) is 4.66. The van der Waals surface area contributed by atoms with Gasteiger partial charge < -0.3 is 9.84 Å². The summed E-state index contributed by atoms with van der Waals surface area (Å²) in [6.07, 6.45) is 5.95. The highest BCUT2D eigenvalue weighted by Crippen LogP contribution is 2.33. The van der Waals surface area contributed by atoms with Crippen LogP contribution in [-0.4, -0.2) is 22.9 Å². The molecule has 1 saturated heterocycles. The van der Waals surface area contributed by atoms with Crippen LogP contribution in [0.5, 0.6) is 0 Å². The molecule has 0 aromatic carbocycles. The van der Waals surface area contributed by atoms with Gasteiger partial charge in [-0.2, -0.15) is 0 Å². The van der Waals surface area contributed by atoms with Crippen molar-refractivity contribution in [3.63, 3.8) is 0 Å². The first-order valence-electron chi connectivity index (χ1n) is 3.72. The molecule has 2 bridgehead atoms. The molecule has 0 aromatic heterocycles. The Kier molecular flexibility index (Phi) is 1.17. The van der Waals surface area contributed by atoms with Crippen molar-refractivity contribution in [3.05, 3.63) is 12.2 Å². The third kappa shape index (κ3) is 0.976. The Hall–Kier alpha value is -0.340. The van der Waals surface area contributed by atoms with E-state index >= 15 is 0 Å². The van der Waals surface area contributed by atoms with Gasteiger partial charge in [0.25, 0.3) is 0 Å². The van der Waals surface area contributed by atoms with Crippen LogP contribution in [0.4, 0.5) is 0 Å². The highest BCUT2D eigenvalue weighted by atomic mass is 16.5. The first kappa shape index (κ1) is 6.38. The van der Waals surface area contributed by atoms with E-state index in [1.807, 2.05) is 19.1 Å². The van der Waals surface area contributed by atoms with Crippen LogP contribution in [0.15, 0.2) is 12.2 Å². The van der Waals surface area contributed by atoms with E-state index in [9.17, 15) is 5.11 Å². The lowest BCUT2D eigenvalue weighted by molar-refractivity contribution is -0.0923. The number of ether oxygens (including phenoxy) is 1. The fraction of sp³-hybridized carbons (Fsp3) is 0.750. The van der Waals surface area contributed by atoms with Gasteiger partial charge in [-0.1, -0.05) is 12.2 Å². The zero-order valence-corrected chi connectivity index (χ0v) is 6.08. The predicted molar refractivity (Wildman–Crippen MR) is 37.7 cm³/mol. The van der Waals surface area contributed by atoms with Gasteiger partial charge in [-0.05, 0) is 6.92 Å². The van der Waals surface area contributed by atoms with E-state index in [2.05, 4.69) is 0 Å². The zero-order valence-electron chi connectivity index (χ0n) is 6.08. The van der Waals surface area contributed by atoms with Crippen LogP contribution in [0, 0.1) is 0 Å². The van der Waals surface area contributed by atoms with Gasteiger partial charge in [0.1, 0.15) is 0 Å². The molecule has 0 spiro atoms. The molecule has 2 rings (SSSR count). The molecule has 0 saturated carbocycles. The van der Waals surface area contributed by atoms with E-state index in [0.717, 1.165) is 12.8 Å². The van der Waals surface area contributed by atoms with Gasteiger partial charge in [0, 0.05) is 12.8 Å². The summed E-state index contributed by atoms with van der Waals surface area (Å²) in [4.78, 5) is 0. The van der Waals surface area contributed by atoms with Crippen LogP contribution in [-0.2, 0) is 4.74 Å². The minimum atomic E-state index is -0.503. The van der Waals surface area contributed by atoms with Gasteiger partial charge in [-0.3, -0.25) is 0 Å². The lowest BCUT2D eigenvalue weighted by atomic mass is 9.92. The second kappa shape index (κ2) is 1.83. The molecule has 2 aliphatic heterocycles. The van der Waals surface area contributed by atoms with Gasteiger partial charge in [0.05, 0.1) is 17.8 Å². The molecule has 10 heavy (non-hydrogen) atoms.